The molecular weight excluding hydrogens is 192 g/mol. The molecule has 0 radical (unpaired) electrons. The first-order valence-electron chi connectivity index (χ1n) is 5.51. The van der Waals surface area contributed by atoms with Gasteiger partial charge in [-0.15, -0.1) is 0 Å². The largest absolute Gasteiger partial charge is 0.463 e. The zero-order chi connectivity index (χ0) is 11.3. The Hall–Kier alpha value is -1.03. The van der Waals surface area contributed by atoms with Crippen LogP contribution in [0, 0.1) is 0 Å². The summed E-state index contributed by atoms with van der Waals surface area (Å²) < 4.78 is 5.06. The number of esters is 1. The lowest BCUT2D eigenvalue weighted by Gasteiger charge is -2.27. The minimum absolute atomic E-state index is 0.158. The molecule has 86 valence electrons. The molecule has 0 spiro atoms. The predicted octanol–water partition coefficient (Wildman–Crippen LogP) is 1.44. The Bertz CT molecular complexity index is 261. The quantitative estimate of drug-likeness (QED) is 0.565. The molecule has 0 saturated carbocycles. The zero-order valence-electron chi connectivity index (χ0n) is 9.80. The Morgan fingerprint density at radius 1 is 1.47 bits per heavy atom. The van der Waals surface area contributed by atoms with Crippen LogP contribution < -0.4 is 5.43 Å². The number of carbonyl (C=O) groups excluding carboxylic acids is 1. The van der Waals surface area contributed by atoms with Crippen LogP contribution in [0.1, 0.15) is 32.6 Å². The third-order valence-corrected chi connectivity index (χ3v) is 2.70. The van der Waals surface area contributed by atoms with Gasteiger partial charge < -0.3 is 9.75 Å². The van der Waals surface area contributed by atoms with Gasteiger partial charge in [0.05, 0.1) is 12.2 Å². The summed E-state index contributed by atoms with van der Waals surface area (Å²) in [6.45, 7) is 2.28. The summed E-state index contributed by atoms with van der Waals surface area (Å²) in [4.78, 5) is 11.7. The van der Waals surface area contributed by atoms with E-state index in [1.54, 1.807) is 0 Å². The van der Waals surface area contributed by atoms with Crippen LogP contribution in [0.15, 0.2) is 11.3 Å². The minimum atomic E-state index is -0.158. The van der Waals surface area contributed by atoms with Gasteiger partial charge in [0.15, 0.2) is 0 Å². The molecule has 0 fully saturated rings. The maximum atomic E-state index is 11.7. The highest BCUT2D eigenvalue weighted by molar-refractivity contribution is 5.89. The molecule has 0 aromatic heterocycles. The smallest absolute Gasteiger partial charge is 0.335 e. The molecule has 1 rings (SSSR count). The molecule has 1 N–H and O–H groups in total. The lowest BCUT2D eigenvalue weighted by molar-refractivity contribution is -0.139. The molecule has 15 heavy (non-hydrogen) atoms. The number of hydrazine groups is 1. The van der Waals surface area contributed by atoms with E-state index in [-0.39, 0.29) is 5.97 Å². The van der Waals surface area contributed by atoms with Crippen molar-refractivity contribution in [2.24, 2.45) is 0 Å². The second-order valence-corrected chi connectivity index (χ2v) is 3.64. The first-order chi connectivity index (χ1) is 7.20. The fourth-order valence-corrected chi connectivity index (χ4v) is 1.83. The van der Waals surface area contributed by atoms with Gasteiger partial charge in [-0.05, 0) is 32.6 Å². The average Bonchev–Trinajstić information content (AvgIpc) is 2.28. The third-order valence-electron chi connectivity index (χ3n) is 2.70. The van der Waals surface area contributed by atoms with E-state index in [2.05, 4.69) is 5.43 Å². The van der Waals surface area contributed by atoms with Crippen molar-refractivity contribution in [3.05, 3.63) is 11.3 Å². The second kappa shape index (κ2) is 5.75. The van der Waals surface area contributed by atoms with Gasteiger partial charge in [0.25, 0.3) is 0 Å². The molecule has 1 aliphatic carbocycles. The molecule has 0 atom stereocenters. The van der Waals surface area contributed by atoms with Crippen LogP contribution >= 0.6 is 0 Å². The van der Waals surface area contributed by atoms with Gasteiger partial charge in [0.2, 0.25) is 0 Å². The number of hydrogen-bond donors (Lipinski definition) is 1. The summed E-state index contributed by atoms with van der Waals surface area (Å²) in [5, 5.41) is 1.91. The molecule has 0 unspecified atom stereocenters. The van der Waals surface area contributed by atoms with Crippen LogP contribution in [0.3, 0.4) is 0 Å². The Kier molecular flexibility index (Phi) is 4.62. The molecular formula is C11H20N2O2. The van der Waals surface area contributed by atoms with Crippen LogP contribution in [0.2, 0.25) is 0 Å². The zero-order valence-corrected chi connectivity index (χ0v) is 9.80. The van der Waals surface area contributed by atoms with E-state index < -0.39 is 0 Å². The maximum absolute atomic E-state index is 11.7. The topological polar surface area (TPSA) is 41.6 Å². The second-order valence-electron chi connectivity index (χ2n) is 3.64. The molecule has 4 heteroatoms. The maximum Gasteiger partial charge on any atom is 0.335 e. The number of ether oxygens (including phenoxy) is 1. The van der Waals surface area contributed by atoms with Gasteiger partial charge in [0.1, 0.15) is 0 Å². The Balaban J connectivity index is 2.85. The van der Waals surface area contributed by atoms with E-state index in [9.17, 15) is 4.79 Å². The lowest BCUT2D eigenvalue weighted by atomic mass is 9.96. The van der Waals surface area contributed by atoms with Crippen molar-refractivity contribution in [3.8, 4) is 0 Å². The van der Waals surface area contributed by atoms with Crippen LogP contribution in [0.25, 0.3) is 0 Å². The monoisotopic (exact) mass is 212 g/mol. The van der Waals surface area contributed by atoms with Crippen molar-refractivity contribution in [1.29, 1.82) is 0 Å². The van der Waals surface area contributed by atoms with Gasteiger partial charge >= 0.3 is 5.97 Å². The van der Waals surface area contributed by atoms with Gasteiger partial charge in [-0.25, -0.2) is 10.2 Å². The molecule has 0 aliphatic heterocycles. The SMILES string of the molecule is CCOC(=O)C1=C(N(C)NC)CCCC1. The van der Waals surface area contributed by atoms with E-state index in [1.807, 2.05) is 26.0 Å². The summed E-state index contributed by atoms with van der Waals surface area (Å²) in [6, 6.07) is 0. The molecule has 0 aromatic carbocycles. The van der Waals surface area contributed by atoms with Crippen LogP contribution in [0.5, 0.6) is 0 Å². The summed E-state index contributed by atoms with van der Waals surface area (Å²) >= 11 is 0. The van der Waals surface area contributed by atoms with E-state index in [0.717, 1.165) is 37.0 Å². The van der Waals surface area contributed by atoms with E-state index in [4.69, 9.17) is 4.74 Å². The Morgan fingerprint density at radius 2 is 2.13 bits per heavy atom. The van der Waals surface area contributed by atoms with Crippen LogP contribution in [-0.2, 0) is 9.53 Å². The van der Waals surface area contributed by atoms with Gasteiger partial charge in [0, 0.05) is 19.8 Å². The average molecular weight is 212 g/mol. The van der Waals surface area contributed by atoms with Gasteiger partial charge in [-0.2, -0.15) is 0 Å². The number of nitrogens with zero attached hydrogens (tertiary/aromatic N) is 1. The molecule has 0 bridgehead atoms. The first-order valence-corrected chi connectivity index (χ1v) is 5.51. The number of carbonyl (C=O) groups is 1. The van der Waals surface area contributed by atoms with Crippen molar-refractivity contribution in [1.82, 2.24) is 10.4 Å². The standard InChI is InChI=1S/C11H20N2O2/c1-4-15-11(14)9-7-5-6-8-10(9)13(3)12-2/h12H,4-8H2,1-3H3. The highest BCUT2D eigenvalue weighted by Gasteiger charge is 2.22. The van der Waals surface area contributed by atoms with E-state index >= 15 is 0 Å². The normalized spacial score (nSPS) is 16.5. The van der Waals surface area contributed by atoms with Crippen molar-refractivity contribution in [2.45, 2.75) is 32.6 Å². The lowest BCUT2D eigenvalue weighted by Crippen LogP contribution is -2.33. The van der Waals surface area contributed by atoms with Crippen molar-refractivity contribution < 1.29 is 9.53 Å². The number of rotatable bonds is 4. The van der Waals surface area contributed by atoms with Gasteiger partial charge in [-0.3, -0.25) is 0 Å². The molecule has 4 nitrogen and oxygen atoms in total. The first kappa shape index (κ1) is 12.0. The highest BCUT2D eigenvalue weighted by Crippen LogP contribution is 2.26. The molecule has 0 heterocycles. The van der Waals surface area contributed by atoms with Crippen molar-refractivity contribution in [2.75, 3.05) is 20.7 Å². The number of hydrogen-bond acceptors (Lipinski definition) is 4. The fraction of sp³-hybridized carbons (Fsp3) is 0.727. The molecule has 0 amide bonds. The van der Waals surface area contributed by atoms with Crippen molar-refractivity contribution >= 4 is 5.97 Å². The Labute approximate surface area is 91.2 Å². The van der Waals surface area contributed by atoms with Crippen molar-refractivity contribution in [3.63, 3.8) is 0 Å². The highest BCUT2D eigenvalue weighted by atomic mass is 16.5. The van der Waals surface area contributed by atoms with Crippen LogP contribution in [-0.4, -0.2) is 31.7 Å². The summed E-state index contributed by atoms with van der Waals surface area (Å²) in [6.07, 6.45) is 4.01. The number of allylic oxidation sites excluding steroid dienone is 1. The number of nitrogens with one attached hydrogen (secondary N) is 1. The molecule has 0 aromatic rings. The van der Waals surface area contributed by atoms with E-state index in [1.165, 1.54) is 0 Å². The summed E-state index contributed by atoms with van der Waals surface area (Å²) in [5.74, 6) is -0.158. The summed E-state index contributed by atoms with van der Waals surface area (Å²) in [5.41, 5.74) is 4.93. The fourth-order valence-electron chi connectivity index (χ4n) is 1.83. The minimum Gasteiger partial charge on any atom is -0.463 e. The van der Waals surface area contributed by atoms with E-state index in [0.29, 0.717) is 6.61 Å². The summed E-state index contributed by atoms with van der Waals surface area (Å²) in [7, 11) is 3.78. The predicted molar refractivity (Wildman–Crippen MR) is 58.9 cm³/mol. The Morgan fingerprint density at radius 3 is 2.73 bits per heavy atom. The van der Waals surface area contributed by atoms with Crippen LogP contribution in [0.4, 0.5) is 0 Å². The third kappa shape index (κ3) is 2.96. The molecule has 1 aliphatic rings. The molecule has 0 saturated heterocycles. The van der Waals surface area contributed by atoms with Gasteiger partial charge in [-0.1, -0.05) is 0 Å².